The fourth-order valence-corrected chi connectivity index (χ4v) is 2.80. The van der Waals surface area contributed by atoms with Gasteiger partial charge >= 0.3 is 5.97 Å². The minimum atomic E-state index is -0.0241. The molecule has 0 spiro atoms. The van der Waals surface area contributed by atoms with Crippen LogP contribution in [0.1, 0.15) is 85.0 Å². The molecule has 0 aliphatic heterocycles. The van der Waals surface area contributed by atoms with Gasteiger partial charge in [-0.15, -0.1) is 0 Å². The van der Waals surface area contributed by atoms with Crippen molar-refractivity contribution in [2.45, 2.75) is 91.1 Å². The summed E-state index contributed by atoms with van der Waals surface area (Å²) in [7, 11) is 0. The summed E-state index contributed by atoms with van der Waals surface area (Å²) in [6, 6.07) is 0. The lowest BCUT2D eigenvalue weighted by Crippen LogP contribution is -2.27. The van der Waals surface area contributed by atoms with Crippen LogP contribution < -0.4 is 0 Å². The highest BCUT2D eigenvalue weighted by Crippen LogP contribution is 2.24. The van der Waals surface area contributed by atoms with E-state index in [1.807, 2.05) is 13.8 Å². The zero-order chi connectivity index (χ0) is 14.1. The van der Waals surface area contributed by atoms with E-state index in [0.717, 1.165) is 6.42 Å². The van der Waals surface area contributed by atoms with Crippen LogP contribution in [0.2, 0.25) is 0 Å². The third kappa shape index (κ3) is 6.98. The first-order chi connectivity index (χ1) is 9.11. The van der Waals surface area contributed by atoms with Crippen molar-refractivity contribution < 1.29 is 9.53 Å². The van der Waals surface area contributed by atoms with E-state index in [4.69, 9.17) is 4.74 Å². The topological polar surface area (TPSA) is 26.3 Å². The van der Waals surface area contributed by atoms with Gasteiger partial charge in [-0.05, 0) is 25.2 Å². The highest BCUT2D eigenvalue weighted by molar-refractivity contribution is 5.71. The van der Waals surface area contributed by atoms with Gasteiger partial charge in [0, 0.05) is 0 Å². The average Bonchev–Trinajstić information content (AvgIpc) is 2.37. The second-order valence-corrected chi connectivity index (χ2v) is 6.51. The Hall–Kier alpha value is -0.530. The number of carbonyl (C=O) groups excluding carboxylic acids is 1. The molecule has 1 fully saturated rings. The molecule has 0 amide bonds. The van der Waals surface area contributed by atoms with Crippen molar-refractivity contribution in [2.24, 2.45) is 11.8 Å². The summed E-state index contributed by atoms with van der Waals surface area (Å²) in [5.74, 6) is 0.486. The molecule has 19 heavy (non-hydrogen) atoms. The maximum atomic E-state index is 11.8. The van der Waals surface area contributed by atoms with Crippen LogP contribution in [0.4, 0.5) is 0 Å². The summed E-state index contributed by atoms with van der Waals surface area (Å²) in [4.78, 5) is 11.8. The Morgan fingerprint density at radius 3 is 1.89 bits per heavy atom. The van der Waals surface area contributed by atoms with Crippen molar-refractivity contribution in [1.29, 1.82) is 0 Å². The van der Waals surface area contributed by atoms with E-state index in [9.17, 15) is 4.79 Å². The summed E-state index contributed by atoms with van der Waals surface area (Å²) in [6.07, 6.45) is 13.0. The fourth-order valence-electron chi connectivity index (χ4n) is 2.80. The number of rotatable bonds is 2. The molecular formula is C17H32O2. The molecule has 1 aliphatic rings. The Kier molecular flexibility index (Phi) is 8.16. The molecule has 1 saturated carbocycles. The normalized spacial score (nSPS) is 27.4. The number of esters is 1. The summed E-state index contributed by atoms with van der Waals surface area (Å²) in [5, 5.41) is 0. The summed E-state index contributed by atoms with van der Waals surface area (Å²) >= 11 is 0. The van der Waals surface area contributed by atoms with Gasteiger partial charge in [0.15, 0.2) is 0 Å². The highest BCUT2D eigenvalue weighted by atomic mass is 16.5. The second kappa shape index (κ2) is 9.39. The molecule has 0 aromatic heterocycles. The van der Waals surface area contributed by atoms with Crippen LogP contribution in [-0.2, 0) is 9.53 Å². The molecule has 0 aromatic rings. The third-order valence-corrected chi connectivity index (χ3v) is 4.27. The Labute approximate surface area is 119 Å². The van der Waals surface area contributed by atoms with Crippen LogP contribution in [-0.4, -0.2) is 12.1 Å². The highest BCUT2D eigenvalue weighted by Gasteiger charge is 2.22. The van der Waals surface area contributed by atoms with E-state index in [0.29, 0.717) is 5.92 Å². The summed E-state index contributed by atoms with van der Waals surface area (Å²) in [5.41, 5.74) is 0. The monoisotopic (exact) mass is 268 g/mol. The molecular weight excluding hydrogens is 236 g/mol. The molecule has 1 rings (SSSR count). The van der Waals surface area contributed by atoms with Gasteiger partial charge in [0.05, 0.1) is 5.92 Å². The minimum absolute atomic E-state index is 0.00594. The zero-order valence-corrected chi connectivity index (χ0v) is 13.1. The Morgan fingerprint density at radius 1 is 0.895 bits per heavy atom. The van der Waals surface area contributed by atoms with Gasteiger partial charge < -0.3 is 4.74 Å². The van der Waals surface area contributed by atoms with Crippen molar-refractivity contribution in [3.63, 3.8) is 0 Å². The predicted octanol–water partition coefficient (Wildman–Crippen LogP) is 5.10. The Bertz CT molecular complexity index is 248. The van der Waals surface area contributed by atoms with Gasteiger partial charge in [-0.1, -0.05) is 65.7 Å². The summed E-state index contributed by atoms with van der Waals surface area (Å²) in [6.45, 7) is 6.09. The number of carbonyl (C=O) groups is 1. The Balaban J connectivity index is 2.48. The molecule has 0 saturated heterocycles. The molecule has 2 heteroatoms. The second-order valence-electron chi connectivity index (χ2n) is 6.51. The van der Waals surface area contributed by atoms with Gasteiger partial charge in [0.2, 0.25) is 0 Å². The molecule has 0 aromatic carbocycles. The largest absolute Gasteiger partial charge is 0.462 e. The standard InChI is InChI=1S/C17H32O2/c1-14(2)17(18)19-16-13-11-9-7-5-4-6-8-10-12-15(16)3/h14-16H,4-13H2,1-3H3/t15-,16-/m1/s1. The van der Waals surface area contributed by atoms with E-state index in [1.54, 1.807) is 0 Å². The van der Waals surface area contributed by atoms with Crippen LogP contribution in [0.25, 0.3) is 0 Å². The molecule has 2 nitrogen and oxygen atoms in total. The molecule has 2 atom stereocenters. The SMILES string of the molecule is CC(C)C(=O)O[C@@H]1CCCCCCCCCC[C@H]1C. The molecule has 0 unspecified atom stereocenters. The van der Waals surface area contributed by atoms with Gasteiger partial charge in [-0.2, -0.15) is 0 Å². The number of ether oxygens (including phenoxy) is 1. The van der Waals surface area contributed by atoms with Crippen LogP contribution in [0.15, 0.2) is 0 Å². The van der Waals surface area contributed by atoms with Gasteiger partial charge in [0.25, 0.3) is 0 Å². The van der Waals surface area contributed by atoms with E-state index in [1.165, 1.54) is 57.8 Å². The van der Waals surface area contributed by atoms with E-state index >= 15 is 0 Å². The first-order valence-electron chi connectivity index (χ1n) is 8.31. The van der Waals surface area contributed by atoms with Gasteiger partial charge in [-0.3, -0.25) is 4.79 Å². The van der Waals surface area contributed by atoms with Crippen molar-refractivity contribution in [1.82, 2.24) is 0 Å². The molecule has 0 bridgehead atoms. The first kappa shape index (κ1) is 16.5. The van der Waals surface area contributed by atoms with Crippen molar-refractivity contribution in [3.05, 3.63) is 0 Å². The molecule has 1 aliphatic carbocycles. The number of hydrogen-bond acceptors (Lipinski definition) is 2. The maximum absolute atomic E-state index is 11.8. The molecule has 0 radical (unpaired) electrons. The van der Waals surface area contributed by atoms with Crippen molar-refractivity contribution in [2.75, 3.05) is 0 Å². The third-order valence-electron chi connectivity index (χ3n) is 4.27. The average molecular weight is 268 g/mol. The maximum Gasteiger partial charge on any atom is 0.308 e. The van der Waals surface area contributed by atoms with Crippen molar-refractivity contribution >= 4 is 5.97 Å². The lowest BCUT2D eigenvalue weighted by atomic mass is 9.91. The van der Waals surface area contributed by atoms with Gasteiger partial charge in [0.1, 0.15) is 6.10 Å². The van der Waals surface area contributed by atoms with Crippen molar-refractivity contribution in [3.8, 4) is 0 Å². The van der Waals surface area contributed by atoms with E-state index in [-0.39, 0.29) is 18.0 Å². The lowest BCUT2D eigenvalue weighted by Gasteiger charge is -2.25. The van der Waals surface area contributed by atoms with Crippen LogP contribution in [0, 0.1) is 11.8 Å². The zero-order valence-electron chi connectivity index (χ0n) is 13.1. The molecule has 0 heterocycles. The van der Waals surface area contributed by atoms with E-state index in [2.05, 4.69) is 6.92 Å². The fraction of sp³-hybridized carbons (Fsp3) is 0.941. The molecule has 112 valence electrons. The Morgan fingerprint density at radius 2 is 1.37 bits per heavy atom. The summed E-state index contributed by atoms with van der Waals surface area (Å²) < 4.78 is 5.73. The first-order valence-corrected chi connectivity index (χ1v) is 8.31. The predicted molar refractivity (Wildman–Crippen MR) is 80.1 cm³/mol. The van der Waals surface area contributed by atoms with Crippen LogP contribution in [0.5, 0.6) is 0 Å². The number of hydrogen-bond donors (Lipinski definition) is 0. The minimum Gasteiger partial charge on any atom is -0.462 e. The quantitative estimate of drug-likeness (QED) is 0.651. The van der Waals surface area contributed by atoms with E-state index < -0.39 is 0 Å². The smallest absolute Gasteiger partial charge is 0.308 e. The van der Waals surface area contributed by atoms with Crippen LogP contribution in [0.3, 0.4) is 0 Å². The van der Waals surface area contributed by atoms with Crippen LogP contribution >= 0.6 is 0 Å². The molecule has 0 N–H and O–H groups in total. The lowest BCUT2D eigenvalue weighted by molar-refractivity contribution is -0.156. The van der Waals surface area contributed by atoms with Gasteiger partial charge in [-0.25, -0.2) is 0 Å².